The molecule has 0 saturated heterocycles. The molecule has 0 spiro atoms. The van der Waals surface area contributed by atoms with Crippen molar-refractivity contribution >= 4 is 33.8 Å². The Hall–Kier alpha value is -3.68. The summed E-state index contributed by atoms with van der Waals surface area (Å²) in [5.74, 6) is -0.296. The van der Waals surface area contributed by atoms with Gasteiger partial charge < -0.3 is 4.98 Å². The number of fused-ring (bicyclic) bond motifs is 2. The quantitative estimate of drug-likeness (QED) is 0.428. The fraction of sp³-hybridized carbons (Fsp3) is 0. The SMILES string of the molecule is O=C(NNc1nc2ccccc2c(=O)[nH]1)c1ccc2cc[nH]c2n1. The Morgan fingerprint density at radius 1 is 1.04 bits per heavy atom. The lowest BCUT2D eigenvalue weighted by Gasteiger charge is -2.07. The number of amides is 1. The van der Waals surface area contributed by atoms with E-state index in [4.69, 9.17) is 0 Å². The van der Waals surface area contributed by atoms with Crippen LogP contribution in [0.15, 0.2) is 53.5 Å². The van der Waals surface area contributed by atoms with Gasteiger partial charge in [0, 0.05) is 11.6 Å². The molecule has 0 bridgehead atoms. The van der Waals surface area contributed by atoms with Gasteiger partial charge in [0.2, 0.25) is 5.95 Å². The van der Waals surface area contributed by atoms with E-state index in [2.05, 4.69) is 30.8 Å². The predicted molar refractivity (Wildman–Crippen MR) is 89.5 cm³/mol. The summed E-state index contributed by atoms with van der Waals surface area (Å²) in [6, 6.07) is 12.2. The molecule has 0 fully saturated rings. The molecule has 4 aromatic rings. The highest BCUT2D eigenvalue weighted by Crippen LogP contribution is 2.10. The number of nitrogens with zero attached hydrogens (tertiary/aromatic N) is 2. The average Bonchev–Trinajstić information content (AvgIpc) is 3.07. The van der Waals surface area contributed by atoms with Crippen LogP contribution in [0.2, 0.25) is 0 Å². The van der Waals surface area contributed by atoms with Gasteiger partial charge in [-0.2, -0.15) is 0 Å². The molecule has 3 heterocycles. The minimum Gasteiger partial charge on any atom is -0.346 e. The zero-order chi connectivity index (χ0) is 16.5. The van der Waals surface area contributed by atoms with Crippen LogP contribution in [0.3, 0.4) is 0 Å². The molecule has 4 N–H and O–H groups in total. The molecule has 118 valence electrons. The van der Waals surface area contributed by atoms with Crippen LogP contribution in [0.25, 0.3) is 21.9 Å². The molecule has 3 aromatic heterocycles. The maximum Gasteiger partial charge on any atom is 0.288 e. The zero-order valence-electron chi connectivity index (χ0n) is 12.3. The predicted octanol–water partition coefficient (Wildman–Crippen LogP) is 1.56. The van der Waals surface area contributed by atoms with Crippen LogP contribution in [0.4, 0.5) is 5.95 Å². The molecule has 1 amide bonds. The van der Waals surface area contributed by atoms with E-state index in [-0.39, 0.29) is 17.2 Å². The van der Waals surface area contributed by atoms with Crippen LogP contribution < -0.4 is 16.4 Å². The highest BCUT2D eigenvalue weighted by Gasteiger charge is 2.09. The summed E-state index contributed by atoms with van der Waals surface area (Å²) in [6.07, 6.45) is 1.75. The molecule has 0 atom stereocenters. The summed E-state index contributed by atoms with van der Waals surface area (Å²) in [5.41, 5.74) is 6.17. The van der Waals surface area contributed by atoms with Crippen molar-refractivity contribution in [2.45, 2.75) is 0 Å². The first-order chi connectivity index (χ1) is 11.7. The number of hydrogen-bond donors (Lipinski definition) is 4. The maximum absolute atomic E-state index is 12.2. The molecule has 0 radical (unpaired) electrons. The fourth-order valence-corrected chi connectivity index (χ4v) is 2.38. The molecule has 0 aliphatic heterocycles. The zero-order valence-corrected chi connectivity index (χ0v) is 12.3. The highest BCUT2D eigenvalue weighted by atomic mass is 16.2. The Labute approximate surface area is 134 Å². The van der Waals surface area contributed by atoms with Gasteiger partial charge in [0.05, 0.1) is 10.9 Å². The van der Waals surface area contributed by atoms with Gasteiger partial charge in [-0.05, 0) is 30.3 Å². The summed E-state index contributed by atoms with van der Waals surface area (Å²) in [7, 11) is 0. The largest absolute Gasteiger partial charge is 0.346 e. The number of nitrogens with one attached hydrogen (secondary N) is 4. The molecule has 0 unspecified atom stereocenters. The van der Waals surface area contributed by atoms with E-state index in [1.54, 1.807) is 42.6 Å². The third-order valence-electron chi connectivity index (χ3n) is 3.55. The number of carbonyl (C=O) groups is 1. The van der Waals surface area contributed by atoms with Crippen molar-refractivity contribution in [1.82, 2.24) is 25.4 Å². The summed E-state index contributed by atoms with van der Waals surface area (Å²) >= 11 is 0. The summed E-state index contributed by atoms with van der Waals surface area (Å²) in [4.78, 5) is 38.1. The van der Waals surface area contributed by atoms with Crippen LogP contribution in [0.1, 0.15) is 10.5 Å². The van der Waals surface area contributed by atoms with Gasteiger partial charge in [0.1, 0.15) is 11.3 Å². The third kappa shape index (κ3) is 2.45. The number of hydrazine groups is 1. The molecule has 0 aliphatic carbocycles. The Morgan fingerprint density at radius 2 is 1.92 bits per heavy atom. The molecule has 8 heteroatoms. The molecular weight excluding hydrogens is 308 g/mol. The topological polar surface area (TPSA) is 116 Å². The van der Waals surface area contributed by atoms with Crippen LogP contribution in [0.5, 0.6) is 0 Å². The Kier molecular flexibility index (Phi) is 3.20. The Balaban J connectivity index is 1.55. The van der Waals surface area contributed by atoms with Gasteiger partial charge in [-0.1, -0.05) is 12.1 Å². The van der Waals surface area contributed by atoms with Gasteiger partial charge >= 0.3 is 0 Å². The highest BCUT2D eigenvalue weighted by molar-refractivity contribution is 5.95. The lowest BCUT2D eigenvalue weighted by molar-refractivity contribution is 0.0957. The summed E-state index contributed by atoms with van der Waals surface area (Å²) in [5, 5.41) is 1.40. The van der Waals surface area contributed by atoms with E-state index in [1.165, 1.54) is 0 Å². The van der Waals surface area contributed by atoms with E-state index >= 15 is 0 Å². The first kappa shape index (κ1) is 13.9. The molecular formula is C16H12N6O2. The van der Waals surface area contributed by atoms with Crippen molar-refractivity contribution in [1.29, 1.82) is 0 Å². The summed E-state index contributed by atoms with van der Waals surface area (Å²) < 4.78 is 0. The van der Waals surface area contributed by atoms with Crippen molar-refractivity contribution in [2.24, 2.45) is 0 Å². The first-order valence-electron chi connectivity index (χ1n) is 7.20. The average molecular weight is 320 g/mol. The van der Waals surface area contributed by atoms with E-state index in [0.717, 1.165) is 5.39 Å². The van der Waals surface area contributed by atoms with Crippen LogP contribution >= 0.6 is 0 Å². The molecule has 1 aromatic carbocycles. The number of aromatic amines is 2. The molecule has 8 nitrogen and oxygen atoms in total. The Bertz CT molecular complexity index is 1110. The normalized spacial score (nSPS) is 10.8. The van der Waals surface area contributed by atoms with E-state index in [0.29, 0.717) is 16.6 Å². The van der Waals surface area contributed by atoms with E-state index < -0.39 is 5.91 Å². The maximum atomic E-state index is 12.2. The van der Waals surface area contributed by atoms with Gasteiger partial charge in [-0.15, -0.1) is 0 Å². The second-order valence-electron chi connectivity index (χ2n) is 5.12. The standard InChI is InChI=1S/C16H12N6O2/c23-14-10-3-1-2-4-11(10)19-16(20-14)22-21-15(24)12-6-5-9-7-8-17-13(9)18-12/h1-8H,(H,17,18)(H,21,24)(H2,19,20,22,23). The van der Waals surface area contributed by atoms with Crippen molar-refractivity contribution in [3.63, 3.8) is 0 Å². The smallest absolute Gasteiger partial charge is 0.288 e. The van der Waals surface area contributed by atoms with Crippen molar-refractivity contribution in [3.8, 4) is 0 Å². The molecule has 4 rings (SSSR count). The minimum atomic E-state index is -0.442. The number of benzene rings is 1. The van der Waals surface area contributed by atoms with Crippen molar-refractivity contribution < 1.29 is 4.79 Å². The van der Waals surface area contributed by atoms with Crippen LogP contribution in [-0.4, -0.2) is 25.8 Å². The Morgan fingerprint density at radius 3 is 2.83 bits per heavy atom. The number of carbonyl (C=O) groups excluding carboxylic acids is 1. The second-order valence-corrected chi connectivity index (χ2v) is 5.12. The molecule has 0 aliphatic rings. The lowest BCUT2D eigenvalue weighted by Crippen LogP contribution is -2.31. The van der Waals surface area contributed by atoms with Gasteiger partial charge in [-0.3, -0.25) is 25.4 Å². The van der Waals surface area contributed by atoms with Crippen LogP contribution in [0, 0.1) is 0 Å². The molecule has 0 saturated carbocycles. The van der Waals surface area contributed by atoms with E-state index in [9.17, 15) is 9.59 Å². The molecule has 24 heavy (non-hydrogen) atoms. The third-order valence-corrected chi connectivity index (χ3v) is 3.55. The van der Waals surface area contributed by atoms with E-state index in [1.807, 2.05) is 6.07 Å². The number of H-pyrrole nitrogens is 2. The van der Waals surface area contributed by atoms with Crippen molar-refractivity contribution in [2.75, 3.05) is 5.43 Å². The fourth-order valence-electron chi connectivity index (χ4n) is 2.38. The summed E-state index contributed by atoms with van der Waals surface area (Å²) in [6.45, 7) is 0. The lowest BCUT2D eigenvalue weighted by atomic mass is 10.2. The first-order valence-corrected chi connectivity index (χ1v) is 7.20. The van der Waals surface area contributed by atoms with Gasteiger partial charge in [-0.25, -0.2) is 9.97 Å². The number of para-hydroxylation sites is 1. The number of aromatic nitrogens is 4. The number of anilines is 1. The minimum absolute atomic E-state index is 0.146. The monoisotopic (exact) mass is 320 g/mol. The van der Waals surface area contributed by atoms with Gasteiger partial charge in [0.25, 0.3) is 11.5 Å². The van der Waals surface area contributed by atoms with Crippen molar-refractivity contribution in [3.05, 3.63) is 64.7 Å². The van der Waals surface area contributed by atoms with Crippen LogP contribution in [-0.2, 0) is 0 Å². The van der Waals surface area contributed by atoms with Gasteiger partial charge in [0.15, 0.2) is 0 Å². The number of hydrogen-bond acceptors (Lipinski definition) is 5. The number of pyridine rings is 1. The second kappa shape index (κ2) is 5.51. The number of rotatable bonds is 3.